The number of carbonyl (C=O) groups is 1. The second-order valence-corrected chi connectivity index (χ2v) is 4.78. The maximum Gasteiger partial charge on any atom is 0.416 e. The standard InChI is InChI=1S/C15H15F3N4O/c16-15(17,18)10-2-1-3-11(6-10)21-14(23)22-12-5-4-9(8-19)13(20)7-12/h1-7H,8,19-20H2,(H2,21,22,23). The first-order chi connectivity index (χ1) is 10.8. The lowest BCUT2D eigenvalue weighted by atomic mass is 10.1. The van der Waals surface area contributed by atoms with Gasteiger partial charge in [0.2, 0.25) is 0 Å². The van der Waals surface area contributed by atoms with Gasteiger partial charge in [-0.15, -0.1) is 0 Å². The molecule has 0 radical (unpaired) electrons. The number of amides is 2. The topological polar surface area (TPSA) is 93.2 Å². The molecule has 8 heteroatoms. The summed E-state index contributed by atoms with van der Waals surface area (Å²) in [6, 6.07) is 8.46. The van der Waals surface area contributed by atoms with E-state index in [1.807, 2.05) is 0 Å². The maximum absolute atomic E-state index is 12.6. The van der Waals surface area contributed by atoms with Crippen molar-refractivity contribution in [3.8, 4) is 0 Å². The predicted octanol–water partition coefficient (Wildman–Crippen LogP) is 3.39. The Labute approximate surface area is 130 Å². The van der Waals surface area contributed by atoms with E-state index in [-0.39, 0.29) is 12.2 Å². The number of urea groups is 1. The number of hydrogen-bond acceptors (Lipinski definition) is 3. The number of nitrogens with one attached hydrogen (secondary N) is 2. The third kappa shape index (κ3) is 4.36. The first kappa shape index (κ1) is 16.6. The Hall–Kier alpha value is -2.74. The number of rotatable bonds is 3. The quantitative estimate of drug-likeness (QED) is 0.652. The Morgan fingerprint density at radius 2 is 1.70 bits per heavy atom. The number of halogens is 3. The molecular weight excluding hydrogens is 309 g/mol. The van der Waals surface area contributed by atoms with E-state index in [2.05, 4.69) is 10.6 Å². The number of anilines is 3. The molecule has 0 atom stereocenters. The second kappa shape index (κ2) is 6.57. The van der Waals surface area contributed by atoms with Gasteiger partial charge in [0.15, 0.2) is 0 Å². The fourth-order valence-corrected chi connectivity index (χ4v) is 1.93. The molecule has 2 amide bonds. The highest BCUT2D eigenvalue weighted by molar-refractivity contribution is 6.00. The maximum atomic E-state index is 12.6. The second-order valence-electron chi connectivity index (χ2n) is 4.78. The molecule has 0 saturated heterocycles. The van der Waals surface area contributed by atoms with E-state index in [1.165, 1.54) is 18.2 Å². The zero-order valence-corrected chi connectivity index (χ0v) is 11.9. The normalized spacial score (nSPS) is 11.1. The molecule has 2 aromatic carbocycles. The van der Waals surface area contributed by atoms with Crippen molar-refractivity contribution in [2.45, 2.75) is 12.7 Å². The van der Waals surface area contributed by atoms with Crippen molar-refractivity contribution in [1.29, 1.82) is 0 Å². The van der Waals surface area contributed by atoms with Crippen LogP contribution >= 0.6 is 0 Å². The number of alkyl halides is 3. The first-order valence-corrected chi connectivity index (χ1v) is 6.63. The summed E-state index contributed by atoms with van der Waals surface area (Å²) >= 11 is 0. The number of nitrogens with two attached hydrogens (primary N) is 2. The van der Waals surface area contributed by atoms with Crippen LogP contribution in [0.1, 0.15) is 11.1 Å². The van der Waals surface area contributed by atoms with Crippen LogP contribution in [0.2, 0.25) is 0 Å². The van der Waals surface area contributed by atoms with Gasteiger partial charge in [-0.3, -0.25) is 0 Å². The fraction of sp³-hybridized carbons (Fsp3) is 0.133. The van der Waals surface area contributed by atoms with Gasteiger partial charge in [-0.05, 0) is 35.9 Å². The van der Waals surface area contributed by atoms with Gasteiger partial charge < -0.3 is 22.1 Å². The van der Waals surface area contributed by atoms with Gasteiger partial charge in [0, 0.05) is 23.6 Å². The van der Waals surface area contributed by atoms with Crippen LogP contribution in [0.25, 0.3) is 0 Å². The van der Waals surface area contributed by atoms with Crippen molar-refractivity contribution in [2.75, 3.05) is 16.4 Å². The number of benzene rings is 2. The van der Waals surface area contributed by atoms with Crippen molar-refractivity contribution in [1.82, 2.24) is 0 Å². The molecule has 0 aliphatic heterocycles. The highest BCUT2D eigenvalue weighted by Crippen LogP contribution is 2.30. The average Bonchev–Trinajstić information content (AvgIpc) is 2.46. The molecular formula is C15H15F3N4O. The van der Waals surface area contributed by atoms with E-state index < -0.39 is 17.8 Å². The lowest BCUT2D eigenvalue weighted by molar-refractivity contribution is -0.137. The zero-order valence-electron chi connectivity index (χ0n) is 11.9. The number of hydrogen-bond donors (Lipinski definition) is 4. The van der Waals surface area contributed by atoms with Crippen molar-refractivity contribution in [2.24, 2.45) is 5.73 Å². The van der Waals surface area contributed by atoms with Crippen LogP contribution in [0.4, 0.5) is 35.0 Å². The summed E-state index contributed by atoms with van der Waals surface area (Å²) in [5, 5.41) is 4.82. The molecule has 0 aromatic heterocycles. The molecule has 0 bridgehead atoms. The highest BCUT2D eigenvalue weighted by Gasteiger charge is 2.30. The molecule has 0 aliphatic rings. The minimum Gasteiger partial charge on any atom is -0.398 e. The molecule has 5 nitrogen and oxygen atoms in total. The minimum atomic E-state index is -4.47. The molecule has 6 N–H and O–H groups in total. The summed E-state index contributed by atoms with van der Waals surface area (Å²) in [6.07, 6.45) is -4.47. The SMILES string of the molecule is NCc1ccc(NC(=O)Nc2cccc(C(F)(F)F)c2)cc1N. The minimum absolute atomic E-state index is 0.0314. The first-order valence-electron chi connectivity index (χ1n) is 6.63. The van der Waals surface area contributed by atoms with E-state index in [0.717, 1.165) is 17.7 Å². The third-order valence-electron chi connectivity index (χ3n) is 3.07. The Morgan fingerprint density at radius 3 is 2.26 bits per heavy atom. The third-order valence-corrected chi connectivity index (χ3v) is 3.07. The monoisotopic (exact) mass is 324 g/mol. The molecule has 0 heterocycles. The van der Waals surface area contributed by atoms with E-state index in [4.69, 9.17) is 11.5 Å². The largest absolute Gasteiger partial charge is 0.416 e. The van der Waals surface area contributed by atoms with Gasteiger partial charge in [-0.2, -0.15) is 13.2 Å². The van der Waals surface area contributed by atoms with Crippen LogP contribution in [0.15, 0.2) is 42.5 Å². The van der Waals surface area contributed by atoms with E-state index in [0.29, 0.717) is 11.4 Å². The van der Waals surface area contributed by atoms with Crippen LogP contribution in [-0.4, -0.2) is 6.03 Å². The summed E-state index contributed by atoms with van der Waals surface area (Å²) in [5.41, 5.74) is 12.0. The molecule has 0 saturated carbocycles. The van der Waals surface area contributed by atoms with Gasteiger partial charge in [-0.25, -0.2) is 4.79 Å². The molecule has 2 rings (SSSR count). The zero-order chi connectivity index (χ0) is 17.0. The van der Waals surface area contributed by atoms with Gasteiger partial charge in [-0.1, -0.05) is 12.1 Å². The van der Waals surface area contributed by atoms with Crippen molar-refractivity contribution >= 4 is 23.1 Å². The van der Waals surface area contributed by atoms with Gasteiger partial charge in [0.05, 0.1) is 5.56 Å². The molecule has 23 heavy (non-hydrogen) atoms. The van der Waals surface area contributed by atoms with Crippen LogP contribution in [-0.2, 0) is 12.7 Å². The predicted molar refractivity (Wildman–Crippen MR) is 82.8 cm³/mol. The molecule has 0 spiro atoms. The molecule has 0 unspecified atom stereocenters. The van der Waals surface area contributed by atoms with E-state index in [9.17, 15) is 18.0 Å². The average molecular weight is 324 g/mol. The summed E-state index contributed by atoms with van der Waals surface area (Å²) in [4.78, 5) is 11.8. The van der Waals surface area contributed by atoms with Crippen LogP contribution in [0, 0.1) is 0 Å². The van der Waals surface area contributed by atoms with Gasteiger partial charge in [0.1, 0.15) is 0 Å². The Morgan fingerprint density at radius 1 is 1.04 bits per heavy atom. The number of carbonyl (C=O) groups excluding carboxylic acids is 1. The summed E-state index contributed by atoms with van der Waals surface area (Å²) in [5.74, 6) is 0. The molecule has 122 valence electrons. The Balaban J connectivity index is 2.07. The van der Waals surface area contributed by atoms with Crippen molar-refractivity contribution < 1.29 is 18.0 Å². The van der Waals surface area contributed by atoms with Crippen LogP contribution in [0.3, 0.4) is 0 Å². The fourth-order valence-electron chi connectivity index (χ4n) is 1.93. The van der Waals surface area contributed by atoms with Crippen molar-refractivity contribution in [3.63, 3.8) is 0 Å². The molecule has 2 aromatic rings. The molecule has 0 aliphatic carbocycles. The highest BCUT2D eigenvalue weighted by atomic mass is 19.4. The van der Waals surface area contributed by atoms with Gasteiger partial charge in [0.25, 0.3) is 0 Å². The summed E-state index contributed by atoms with van der Waals surface area (Å²) in [7, 11) is 0. The summed E-state index contributed by atoms with van der Waals surface area (Å²) < 4.78 is 37.8. The van der Waals surface area contributed by atoms with Gasteiger partial charge >= 0.3 is 12.2 Å². The van der Waals surface area contributed by atoms with Crippen molar-refractivity contribution in [3.05, 3.63) is 53.6 Å². The van der Waals surface area contributed by atoms with E-state index >= 15 is 0 Å². The lowest BCUT2D eigenvalue weighted by Gasteiger charge is -2.11. The molecule has 0 fully saturated rings. The Kier molecular flexibility index (Phi) is 4.75. The van der Waals surface area contributed by atoms with Crippen LogP contribution < -0.4 is 22.1 Å². The van der Waals surface area contributed by atoms with E-state index in [1.54, 1.807) is 12.1 Å². The summed E-state index contributed by atoms with van der Waals surface area (Å²) in [6.45, 7) is 0.266. The number of nitrogen functional groups attached to an aromatic ring is 1. The smallest absolute Gasteiger partial charge is 0.398 e. The Bertz CT molecular complexity index is 716. The lowest BCUT2D eigenvalue weighted by Crippen LogP contribution is -2.20. The van der Waals surface area contributed by atoms with Crippen LogP contribution in [0.5, 0.6) is 0 Å².